The molecule has 3 amide bonds. The van der Waals surface area contributed by atoms with Gasteiger partial charge in [0.05, 0.1) is 16.7 Å². The molecule has 5 rings (SSSR count). The van der Waals surface area contributed by atoms with Gasteiger partial charge in [0.2, 0.25) is 0 Å². The molecular formula is C30H19ClN2O6. The fourth-order valence-electron chi connectivity index (χ4n) is 4.05. The Bertz CT molecular complexity index is 1570. The smallest absolute Gasteiger partial charge is 0.343 e. The molecule has 0 aromatic heterocycles. The van der Waals surface area contributed by atoms with Crippen LogP contribution in [0.5, 0.6) is 5.75 Å². The van der Waals surface area contributed by atoms with Gasteiger partial charge >= 0.3 is 5.97 Å². The van der Waals surface area contributed by atoms with Crippen molar-refractivity contribution < 1.29 is 28.7 Å². The molecule has 1 heterocycles. The number of amides is 3. The van der Waals surface area contributed by atoms with Gasteiger partial charge in [0.25, 0.3) is 17.7 Å². The van der Waals surface area contributed by atoms with E-state index in [1.54, 1.807) is 42.5 Å². The zero-order chi connectivity index (χ0) is 27.5. The summed E-state index contributed by atoms with van der Waals surface area (Å²) in [5.74, 6) is -3.05. The number of ether oxygens (including phenoxy) is 1. The number of esters is 1. The molecule has 0 unspecified atom stereocenters. The van der Waals surface area contributed by atoms with Crippen LogP contribution < -0.4 is 4.74 Å². The minimum atomic E-state index is -0.733. The summed E-state index contributed by atoms with van der Waals surface area (Å²) in [7, 11) is 0. The van der Waals surface area contributed by atoms with E-state index in [0.29, 0.717) is 15.6 Å². The second-order valence-electron chi connectivity index (χ2n) is 8.54. The number of hydrogen-bond donors (Lipinski definition) is 0. The zero-order valence-corrected chi connectivity index (χ0v) is 21.0. The van der Waals surface area contributed by atoms with Gasteiger partial charge in [-0.05, 0) is 72.8 Å². The Morgan fingerprint density at radius 3 is 1.79 bits per heavy atom. The van der Waals surface area contributed by atoms with E-state index in [-0.39, 0.29) is 28.0 Å². The molecule has 0 radical (unpaired) electrons. The quantitative estimate of drug-likeness (QED) is 0.140. The van der Waals surface area contributed by atoms with E-state index in [1.807, 2.05) is 0 Å². The molecule has 4 aromatic carbocycles. The summed E-state index contributed by atoms with van der Waals surface area (Å²) >= 11 is 5.94. The van der Waals surface area contributed by atoms with Crippen molar-refractivity contribution in [2.75, 3.05) is 6.54 Å². The third kappa shape index (κ3) is 5.18. The molecule has 0 bridgehead atoms. The maximum atomic E-state index is 13.5. The number of ketones is 1. The van der Waals surface area contributed by atoms with Crippen LogP contribution >= 0.6 is 11.6 Å². The van der Waals surface area contributed by atoms with Crippen LogP contribution in [0.3, 0.4) is 0 Å². The molecule has 9 heteroatoms. The molecule has 0 N–H and O–H groups in total. The Labute approximate surface area is 228 Å². The minimum Gasteiger partial charge on any atom is -0.423 e. The third-order valence-electron chi connectivity index (χ3n) is 6.03. The molecule has 192 valence electrons. The number of benzene rings is 4. The van der Waals surface area contributed by atoms with Gasteiger partial charge in [-0.25, -0.2) is 9.80 Å². The molecule has 8 nitrogen and oxygen atoms in total. The second-order valence-corrected chi connectivity index (χ2v) is 8.98. The summed E-state index contributed by atoms with van der Waals surface area (Å²) in [6, 6.07) is 26.2. The molecule has 1 aliphatic rings. The summed E-state index contributed by atoms with van der Waals surface area (Å²) in [5, 5.41) is 1.91. The van der Waals surface area contributed by atoms with E-state index in [1.165, 1.54) is 60.7 Å². The number of nitrogens with zero attached hydrogens (tertiary/aromatic N) is 2. The Morgan fingerprint density at radius 1 is 0.667 bits per heavy atom. The van der Waals surface area contributed by atoms with Crippen LogP contribution in [-0.4, -0.2) is 46.0 Å². The first-order valence-corrected chi connectivity index (χ1v) is 12.2. The number of imide groups is 1. The maximum absolute atomic E-state index is 13.5. The molecule has 0 spiro atoms. The predicted molar refractivity (Wildman–Crippen MR) is 142 cm³/mol. The van der Waals surface area contributed by atoms with Gasteiger partial charge in [-0.15, -0.1) is 0 Å². The first kappa shape index (κ1) is 25.6. The van der Waals surface area contributed by atoms with Crippen molar-refractivity contribution in [3.8, 4) is 5.75 Å². The van der Waals surface area contributed by atoms with Crippen molar-refractivity contribution in [3.05, 3.63) is 136 Å². The first-order chi connectivity index (χ1) is 18.8. The van der Waals surface area contributed by atoms with Crippen molar-refractivity contribution in [2.24, 2.45) is 0 Å². The standard InChI is InChI=1S/C30H19ClN2O6/c31-22-14-10-20(11-15-22)27(35)32(33-28(36)24-8-4-5-9-25(24)29(33)37)18-26(34)19-12-16-23(17-13-19)39-30(38)21-6-2-1-3-7-21/h1-17H,18H2. The molecule has 4 aromatic rings. The lowest BCUT2D eigenvalue weighted by molar-refractivity contribution is 0.00531. The molecule has 0 fully saturated rings. The van der Waals surface area contributed by atoms with Gasteiger partial charge in [-0.1, -0.05) is 41.9 Å². The highest BCUT2D eigenvalue weighted by atomic mass is 35.5. The lowest BCUT2D eigenvalue weighted by atomic mass is 10.1. The second kappa shape index (κ2) is 10.7. The highest BCUT2D eigenvalue weighted by Crippen LogP contribution is 2.26. The van der Waals surface area contributed by atoms with Gasteiger partial charge in [-0.2, -0.15) is 5.01 Å². The Balaban J connectivity index is 1.39. The van der Waals surface area contributed by atoms with Crippen LogP contribution in [0.15, 0.2) is 103 Å². The normalized spacial score (nSPS) is 12.2. The summed E-state index contributed by atoms with van der Waals surface area (Å²) in [6.45, 7) is -0.601. The van der Waals surface area contributed by atoms with Gasteiger partial charge in [0.15, 0.2) is 5.78 Å². The number of rotatable bonds is 7. The minimum absolute atomic E-state index is 0.131. The van der Waals surface area contributed by atoms with Gasteiger partial charge in [0, 0.05) is 16.1 Å². The van der Waals surface area contributed by atoms with Crippen molar-refractivity contribution in [3.63, 3.8) is 0 Å². The van der Waals surface area contributed by atoms with E-state index >= 15 is 0 Å². The molecular weight excluding hydrogens is 520 g/mol. The summed E-state index contributed by atoms with van der Waals surface area (Å²) in [6.07, 6.45) is 0. The largest absolute Gasteiger partial charge is 0.423 e. The fraction of sp³-hybridized carbons (Fsp3) is 0.0333. The number of carbonyl (C=O) groups is 5. The van der Waals surface area contributed by atoms with E-state index in [9.17, 15) is 24.0 Å². The van der Waals surface area contributed by atoms with Crippen molar-refractivity contribution in [1.29, 1.82) is 0 Å². The topological polar surface area (TPSA) is 101 Å². The number of Topliss-reactive ketones (excluding diaryl/α,β-unsaturated/α-hetero) is 1. The molecule has 39 heavy (non-hydrogen) atoms. The zero-order valence-electron chi connectivity index (χ0n) is 20.2. The lowest BCUT2D eigenvalue weighted by Crippen LogP contribution is -2.51. The molecule has 0 saturated carbocycles. The highest BCUT2D eigenvalue weighted by molar-refractivity contribution is 6.30. The molecule has 0 aliphatic carbocycles. The average molecular weight is 539 g/mol. The van der Waals surface area contributed by atoms with Crippen LogP contribution in [0.25, 0.3) is 0 Å². The van der Waals surface area contributed by atoms with E-state index < -0.39 is 36.0 Å². The SMILES string of the molecule is O=C(CN(C(=O)c1ccc(Cl)cc1)N1C(=O)c2ccccc2C1=O)c1ccc(OC(=O)c2ccccc2)cc1. The number of hydrogen-bond acceptors (Lipinski definition) is 6. The lowest BCUT2D eigenvalue weighted by Gasteiger charge is -2.29. The molecule has 0 atom stereocenters. The maximum Gasteiger partial charge on any atom is 0.343 e. The van der Waals surface area contributed by atoms with Crippen LogP contribution in [0, 0.1) is 0 Å². The number of halogens is 1. The number of hydrazine groups is 1. The molecule has 1 aliphatic heterocycles. The first-order valence-electron chi connectivity index (χ1n) is 11.8. The number of carbonyl (C=O) groups excluding carboxylic acids is 5. The molecule has 0 saturated heterocycles. The van der Waals surface area contributed by atoms with E-state index in [0.717, 1.165) is 5.01 Å². The van der Waals surface area contributed by atoms with E-state index in [4.69, 9.17) is 16.3 Å². The van der Waals surface area contributed by atoms with Crippen molar-refractivity contribution in [2.45, 2.75) is 0 Å². The van der Waals surface area contributed by atoms with Crippen LogP contribution in [0.2, 0.25) is 5.02 Å². The predicted octanol–water partition coefficient (Wildman–Crippen LogP) is 5.10. The Morgan fingerprint density at radius 2 is 1.21 bits per heavy atom. The van der Waals surface area contributed by atoms with Crippen LogP contribution in [0.1, 0.15) is 51.8 Å². The summed E-state index contributed by atoms with van der Waals surface area (Å²) < 4.78 is 5.34. The van der Waals surface area contributed by atoms with Gasteiger partial charge in [0.1, 0.15) is 12.3 Å². The summed E-state index contributed by atoms with van der Waals surface area (Å²) in [5.41, 5.74) is 0.948. The average Bonchev–Trinajstić information content (AvgIpc) is 3.22. The highest BCUT2D eigenvalue weighted by Gasteiger charge is 2.42. The Kier molecular flexibility index (Phi) is 7.03. The van der Waals surface area contributed by atoms with Crippen LogP contribution in [0.4, 0.5) is 0 Å². The van der Waals surface area contributed by atoms with Crippen molar-refractivity contribution >= 4 is 41.1 Å². The van der Waals surface area contributed by atoms with Crippen molar-refractivity contribution in [1.82, 2.24) is 10.0 Å². The fourth-order valence-corrected chi connectivity index (χ4v) is 4.17. The van der Waals surface area contributed by atoms with Gasteiger partial charge in [-0.3, -0.25) is 19.2 Å². The summed E-state index contributed by atoms with van der Waals surface area (Å²) in [4.78, 5) is 65.4. The van der Waals surface area contributed by atoms with E-state index in [2.05, 4.69) is 0 Å². The van der Waals surface area contributed by atoms with Crippen LogP contribution in [-0.2, 0) is 0 Å². The third-order valence-corrected chi connectivity index (χ3v) is 6.28. The number of fused-ring (bicyclic) bond motifs is 1. The Hall–Kier alpha value is -5.08. The monoisotopic (exact) mass is 538 g/mol. The van der Waals surface area contributed by atoms with Gasteiger partial charge < -0.3 is 4.74 Å².